The van der Waals surface area contributed by atoms with E-state index >= 15 is 0 Å². The first-order valence-electron chi connectivity index (χ1n) is 8.02. The Morgan fingerprint density at radius 2 is 2.12 bits per heavy atom. The number of hydrogen-bond acceptors (Lipinski definition) is 6. The van der Waals surface area contributed by atoms with Gasteiger partial charge in [0, 0.05) is 43.3 Å². The minimum atomic E-state index is -0.752. The van der Waals surface area contributed by atoms with Crippen molar-refractivity contribution >= 4 is 29.1 Å². The molecule has 1 unspecified atom stereocenters. The number of aliphatic hydroxyl groups is 1. The van der Waals surface area contributed by atoms with Crippen LogP contribution in [-0.2, 0) is 4.79 Å². The molecule has 0 aliphatic carbocycles. The zero-order chi connectivity index (χ0) is 17.8. The molecule has 1 fully saturated rings. The summed E-state index contributed by atoms with van der Waals surface area (Å²) >= 11 is 6.10. The molecule has 1 saturated heterocycles. The summed E-state index contributed by atoms with van der Waals surface area (Å²) in [6, 6.07) is 8.96. The van der Waals surface area contributed by atoms with Gasteiger partial charge in [0.15, 0.2) is 0 Å². The van der Waals surface area contributed by atoms with Crippen molar-refractivity contribution in [1.82, 2.24) is 14.9 Å². The van der Waals surface area contributed by atoms with Gasteiger partial charge in [-0.3, -0.25) is 4.79 Å². The molecule has 1 atom stereocenters. The van der Waals surface area contributed by atoms with E-state index in [1.54, 1.807) is 30.1 Å². The van der Waals surface area contributed by atoms with Gasteiger partial charge in [-0.1, -0.05) is 29.8 Å². The van der Waals surface area contributed by atoms with Gasteiger partial charge >= 0.3 is 0 Å². The first kappa shape index (κ1) is 17.4. The second-order valence-electron chi connectivity index (χ2n) is 5.92. The van der Waals surface area contributed by atoms with Crippen LogP contribution in [0.2, 0.25) is 5.02 Å². The number of nitrogens with zero attached hydrogens (tertiary/aromatic N) is 4. The number of piperazine rings is 1. The molecule has 1 aromatic carbocycles. The third-order valence-corrected chi connectivity index (χ3v) is 4.52. The number of anilines is 2. The van der Waals surface area contributed by atoms with E-state index in [-0.39, 0.29) is 12.5 Å². The van der Waals surface area contributed by atoms with Crippen molar-refractivity contribution < 1.29 is 9.90 Å². The van der Waals surface area contributed by atoms with Gasteiger partial charge in [0.1, 0.15) is 18.0 Å². The van der Waals surface area contributed by atoms with Crippen molar-refractivity contribution in [3.8, 4) is 0 Å². The second kappa shape index (κ2) is 7.67. The Morgan fingerprint density at radius 1 is 1.32 bits per heavy atom. The predicted molar refractivity (Wildman–Crippen MR) is 96.8 cm³/mol. The van der Waals surface area contributed by atoms with Crippen LogP contribution in [0.15, 0.2) is 36.7 Å². The highest BCUT2D eigenvalue weighted by Gasteiger charge is 2.22. The van der Waals surface area contributed by atoms with E-state index in [4.69, 9.17) is 11.6 Å². The molecule has 1 amide bonds. The molecular weight excluding hydrogens is 342 g/mol. The maximum absolute atomic E-state index is 11.8. The van der Waals surface area contributed by atoms with Crippen LogP contribution in [0.5, 0.6) is 0 Å². The number of likely N-dealkylation sites (N-methyl/N-ethyl adjacent to an activating group) is 1. The van der Waals surface area contributed by atoms with Crippen molar-refractivity contribution in [3.05, 3.63) is 47.2 Å². The topological polar surface area (TPSA) is 81.6 Å². The maximum Gasteiger partial charge on any atom is 0.241 e. The summed E-state index contributed by atoms with van der Waals surface area (Å²) in [7, 11) is 1.79. The molecule has 2 aromatic rings. The summed E-state index contributed by atoms with van der Waals surface area (Å²) in [5.41, 5.74) is 0.663. The number of nitrogens with one attached hydrogen (secondary N) is 1. The summed E-state index contributed by atoms with van der Waals surface area (Å²) in [4.78, 5) is 23.9. The molecule has 7 nitrogen and oxygen atoms in total. The number of benzene rings is 1. The summed E-state index contributed by atoms with van der Waals surface area (Å²) < 4.78 is 0. The zero-order valence-electron chi connectivity index (χ0n) is 13.9. The molecule has 0 radical (unpaired) electrons. The van der Waals surface area contributed by atoms with Gasteiger partial charge in [-0.05, 0) is 6.07 Å². The summed E-state index contributed by atoms with van der Waals surface area (Å²) in [6.07, 6.45) is 0.694. The summed E-state index contributed by atoms with van der Waals surface area (Å²) in [5, 5.41) is 13.9. The van der Waals surface area contributed by atoms with Gasteiger partial charge in [-0.2, -0.15) is 0 Å². The number of aliphatic hydroxyl groups excluding tert-OH is 1. The Hall–Kier alpha value is -2.38. The SMILES string of the molecule is CN1CCN(c2cc(NCC(O)c3ccccc3Cl)ncn2)CC1=O. The fourth-order valence-electron chi connectivity index (χ4n) is 2.63. The van der Waals surface area contributed by atoms with E-state index in [1.165, 1.54) is 6.33 Å². The molecule has 0 bridgehead atoms. The molecular formula is C17H20ClN5O2. The van der Waals surface area contributed by atoms with E-state index in [2.05, 4.69) is 15.3 Å². The van der Waals surface area contributed by atoms with Crippen LogP contribution in [0.4, 0.5) is 11.6 Å². The lowest BCUT2D eigenvalue weighted by molar-refractivity contribution is -0.129. The Kier molecular flexibility index (Phi) is 5.35. The summed E-state index contributed by atoms with van der Waals surface area (Å²) in [5.74, 6) is 1.34. The van der Waals surface area contributed by atoms with Crippen LogP contribution in [0, 0.1) is 0 Å². The molecule has 0 spiro atoms. The van der Waals surface area contributed by atoms with Crippen LogP contribution < -0.4 is 10.2 Å². The van der Waals surface area contributed by atoms with Gasteiger partial charge in [0.05, 0.1) is 12.6 Å². The van der Waals surface area contributed by atoms with E-state index in [9.17, 15) is 9.90 Å². The van der Waals surface area contributed by atoms with Gasteiger partial charge < -0.3 is 20.2 Å². The molecule has 2 heterocycles. The third-order valence-electron chi connectivity index (χ3n) is 4.17. The molecule has 1 aromatic heterocycles. The van der Waals surface area contributed by atoms with Gasteiger partial charge in [0.25, 0.3) is 0 Å². The highest BCUT2D eigenvalue weighted by Crippen LogP contribution is 2.23. The van der Waals surface area contributed by atoms with Crippen molar-refractivity contribution in [2.45, 2.75) is 6.10 Å². The second-order valence-corrected chi connectivity index (χ2v) is 6.32. The monoisotopic (exact) mass is 361 g/mol. The first-order valence-corrected chi connectivity index (χ1v) is 8.39. The number of carbonyl (C=O) groups excluding carboxylic acids is 1. The molecule has 132 valence electrons. The van der Waals surface area contributed by atoms with Crippen molar-refractivity contribution in [1.29, 1.82) is 0 Å². The van der Waals surface area contributed by atoms with Crippen LogP contribution in [0.3, 0.4) is 0 Å². The number of carbonyl (C=O) groups is 1. The largest absolute Gasteiger partial charge is 0.387 e. The van der Waals surface area contributed by atoms with Crippen LogP contribution >= 0.6 is 11.6 Å². The Bertz CT molecular complexity index is 757. The minimum absolute atomic E-state index is 0.0634. The number of halogens is 1. The van der Waals surface area contributed by atoms with E-state index < -0.39 is 6.10 Å². The fourth-order valence-corrected chi connectivity index (χ4v) is 2.89. The van der Waals surface area contributed by atoms with Crippen LogP contribution in [0.1, 0.15) is 11.7 Å². The van der Waals surface area contributed by atoms with Crippen molar-refractivity contribution in [3.63, 3.8) is 0 Å². The molecule has 8 heteroatoms. The third kappa shape index (κ3) is 4.18. The smallest absolute Gasteiger partial charge is 0.241 e. The number of amides is 1. The normalized spacial score (nSPS) is 16.0. The molecule has 3 rings (SSSR count). The minimum Gasteiger partial charge on any atom is -0.387 e. The molecule has 25 heavy (non-hydrogen) atoms. The molecule has 0 saturated carbocycles. The highest BCUT2D eigenvalue weighted by molar-refractivity contribution is 6.31. The van der Waals surface area contributed by atoms with Crippen LogP contribution in [-0.4, -0.2) is 59.1 Å². The standard InChI is InChI=1S/C17H20ClN5O2/c1-22-6-7-23(10-17(22)25)16-8-15(20-11-21-16)19-9-14(24)12-4-2-3-5-13(12)18/h2-5,8,11,14,24H,6-7,9-10H2,1H3,(H,19,20,21). The van der Waals surface area contributed by atoms with E-state index in [0.29, 0.717) is 35.3 Å². The Balaban J connectivity index is 1.64. The van der Waals surface area contributed by atoms with Crippen LogP contribution in [0.25, 0.3) is 0 Å². The average molecular weight is 362 g/mol. The fraction of sp³-hybridized carbons (Fsp3) is 0.353. The van der Waals surface area contributed by atoms with Crippen molar-refractivity contribution in [2.75, 3.05) is 43.4 Å². The van der Waals surface area contributed by atoms with Gasteiger partial charge in [-0.25, -0.2) is 9.97 Å². The lowest BCUT2D eigenvalue weighted by Gasteiger charge is -2.32. The zero-order valence-corrected chi connectivity index (χ0v) is 14.6. The van der Waals surface area contributed by atoms with Gasteiger partial charge in [0.2, 0.25) is 5.91 Å². The van der Waals surface area contributed by atoms with E-state index in [0.717, 1.165) is 6.54 Å². The lowest BCUT2D eigenvalue weighted by Crippen LogP contribution is -2.48. The quantitative estimate of drug-likeness (QED) is 0.841. The number of rotatable bonds is 5. The number of hydrogen-bond donors (Lipinski definition) is 2. The molecule has 1 aliphatic rings. The Labute approximate surface area is 151 Å². The maximum atomic E-state index is 11.8. The number of aromatic nitrogens is 2. The lowest BCUT2D eigenvalue weighted by atomic mass is 10.1. The first-order chi connectivity index (χ1) is 12.0. The Morgan fingerprint density at radius 3 is 2.88 bits per heavy atom. The predicted octanol–water partition coefficient (Wildman–Crippen LogP) is 1.55. The summed E-state index contributed by atoms with van der Waals surface area (Å²) in [6.45, 7) is 1.95. The highest BCUT2D eigenvalue weighted by atomic mass is 35.5. The molecule has 2 N–H and O–H groups in total. The molecule has 1 aliphatic heterocycles. The van der Waals surface area contributed by atoms with Gasteiger partial charge in [-0.15, -0.1) is 0 Å². The van der Waals surface area contributed by atoms with Crippen molar-refractivity contribution in [2.24, 2.45) is 0 Å². The van der Waals surface area contributed by atoms with E-state index in [1.807, 2.05) is 17.0 Å². The average Bonchev–Trinajstić information content (AvgIpc) is 2.62.